The summed E-state index contributed by atoms with van der Waals surface area (Å²) >= 11 is 0. The Balaban J connectivity index is 2.48. The van der Waals surface area contributed by atoms with E-state index >= 15 is 0 Å². The van der Waals surface area contributed by atoms with Gasteiger partial charge in [0.2, 0.25) is 0 Å². The van der Waals surface area contributed by atoms with Crippen LogP contribution in [0.3, 0.4) is 0 Å². The molecule has 1 aliphatic heterocycles. The van der Waals surface area contributed by atoms with Gasteiger partial charge in [-0.2, -0.15) is 0 Å². The number of likely N-dealkylation sites (tertiary alicyclic amines) is 1. The quantitative estimate of drug-likeness (QED) is 0.719. The SMILES string of the molecule is CCCC(C(=O)O)N1CCC(OC)C1. The second-order valence-corrected chi connectivity index (χ2v) is 3.78. The highest BCUT2D eigenvalue weighted by Gasteiger charge is 2.31. The topological polar surface area (TPSA) is 49.8 Å². The molecule has 1 fully saturated rings. The molecule has 1 aliphatic rings. The van der Waals surface area contributed by atoms with Crippen molar-refractivity contribution in [1.29, 1.82) is 0 Å². The zero-order chi connectivity index (χ0) is 10.6. The highest BCUT2D eigenvalue weighted by Crippen LogP contribution is 2.17. The number of hydrogen-bond acceptors (Lipinski definition) is 3. The average Bonchev–Trinajstić information content (AvgIpc) is 2.61. The van der Waals surface area contributed by atoms with E-state index < -0.39 is 5.97 Å². The van der Waals surface area contributed by atoms with Crippen molar-refractivity contribution in [2.24, 2.45) is 0 Å². The average molecular weight is 201 g/mol. The van der Waals surface area contributed by atoms with E-state index in [0.717, 1.165) is 32.4 Å². The van der Waals surface area contributed by atoms with Crippen LogP contribution in [0.25, 0.3) is 0 Å². The summed E-state index contributed by atoms with van der Waals surface area (Å²) in [5.74, 6) is -0.705. The van der Waals surface area contributed by atoms with E-state index in [0.29, 0.717) is 0 Å². The number of rotatable bonds is 5. The summed E-state index contributed by atoms with van der Waals surface area (Å²) in [7, 11) is 1.68. The van der Waals surface area contributed by atoms with Crippen molar-refractivity contribution in [3.63, 3.8) is 0 Å². The predicted octanol–water partition coefficient (Wildman–Crippen LogP) is 0.960. The lowest BCUT2D eigenvalue weighted by Crippen LogP contribution is -2.40. The highest BCUT2D eigenvalue weighted by molar-refractivity contribution is 5.73. The Kier molecular flexibility index (Phi) is 4.35. The molecule has 0 aromatic heterocycles. The molecule has 4 nitrogen and oxygen atoms in total. The zero-order valence-electron chi connectivity index (χ0n) is 8.90. The first kappa shape index (κ1) is 11.5. The first-order valence-corrected chi connectivity index (χ1v) is 5.18. The summed E-state index contributed by atoms with van der Waals surface area (Å²) < 4.78 is 5.21. The maximum atomic E-state index is 11.0. The van der Waals surface area contributed by atoms with Crippen molar-refractivity contribution >= 4 is 5.97 Å². The minimum atomic E-state index is -0.705. The van der Waals surface area contributed by atoms with E-state index in [2.05, 4.69) is 0 Å². The first-order valence-electron chi connectivity index (χ1n) is 5.18. The fourth-order valence-electron chi connectivity index (χ4n) is 1.97. The van der Waals surface area contributed by atoms with Crippen LogP contribution in [0.5, 0.6) is 0 Å². The Morgan fingerprint density at radius 3 is 2.86 bits per heavy atom. The largest absolute Gasteiger partial charge is 0.480 e. The third kappa shape index (κ3) is 2.69. The Bertz CT molecular complexity index is 196. The van der Waals surface area contributed by atoms with Gasteiger partial charge in [-0.15, -0.1) is 0 Å². The standard InChI is InChI=1S/C10H19NO3/c1-3-4-9(10(12)13)11-6-5-8(7-11)14-2/h8-9H,3-7H2,1-2H3,(H,12,13). The van der Waals surface area contributed by atoms with E-state index in [1.54, 1.807) is 7.11 Å². The van der Waals surface area contributed by atoms with Crippen molar-refractivity contribution in [1.82, 2.24) is 4.90 Å². The molecule has 82 valence electrons. The summed E-state index contributed by atoms with van der Waals surface area (Å²) in [6.07, 6.45) is 2.80. The number of carbonyl (C=O) groups is 1. The molecule has 0 bridgehead atoms. The molecule has 0 saturated carbocycles. The van der Waals surface area contributed by atoms with Crippen LogP contribution in [0, 0.1) is 0 Å². The summed E-state index contributed by atoms with van der Waals surface area (Å²) in [6.45, 7) is 3.61. The molecule has 14 heavy (non-hydrogen) atoms. The Hall–Kier alpha value is -0.610. The second-order valence-electron chi connectivity index (χ2n) is 3.78. The summed E-state index contributed by atoms with van der Waals surface area (Å²) in [5, 5.41) is 9.04. The summed E-state index contributed by atoms with van der Waals surface area (Å²) in [4.78, 5) is 13.0. The molecule has 1 saturated heterocycles. The Labute approximate surface area is 84.8 Å². The van der Waals surface area contributed by atoms with E-state index in [1.165, 1.54) is 0 Å². The molecule has 0 amide bonds. The summed E-state index contributed by atoms with van der Waals surface area (Å²) in [5.41, 5.74) is 0. The molecular formula is C10H19NO3. The van der Waals surface area contributed by atoms with Crippen molar-refractivity contribution in [3.8, 4) is 0 Å². The van der Waals surface area contributed by atoms with E-state index in [4.69, 9.17) is 9.84 Å². The van der Waals surface area contributed by atoms with E-state index in [9.17, 15) is 4.79 Å². The number of nitrogens with zero attached hydrogens (tertiary/aromatic N) is 1. The molecule has 4 heteroatoms. The maximum absolute atomic E-state index is 11.0. The monoisotopic (exact) mass is 201 g/mol. The number of hydrogen-bond donors (Lipinski definition) is 1. The van der Waals surface area contributed by atoms with Gasteiger partial charge in [0.25, 0.3) is 0 Å². The molecule has 0 aromatic carbocycles. The van der Waals surface area contributed by atoms with Gasteiger partial charge in [0.05, 0.1) is 6.10 Å². The van der Waals surface area contributed by atoms with Crippen LogP contribution in [0.15, 0.2) is 0 Å². The normalized spacial score (nSPS) is 25.1. The van der Waals surface area contributed by atoms with Crippen molar-refractivity contribution < 1.29 is 14.6 Å². The van der Waals surface area contributed by atoms with Gasteiger partial charge < -0.3 is 9.84 Å². The fraction of sp³-hybridized carbons (Fsp3) is 0.900. The molecule has 2 unspecified atom stereocenters. The van der Waals surface area contributed by atoms with Crippen molar-refractivity contribution in [2.45, 2.75) is 38.3 Å². The molecule has 1 rings (SSSR count). The van der Waals surface area contributed by atoms with Crippen LogP contribution in [0.1, 0.15) is 26.2 Å². The molecule has 0 radical (unpaired) electrons. The van der Waals surface area contributed by atoms with Gasteiger partial charge in [0.1, 0.15) is 6.04 Å². The lowest BCUT2D eigenvalue weighted by Gasteiger charge is -2.23. The Morgan fingerprint density at radius 2 is 2.43 bits per heavy atom. The second kappa shape index (κ2) is 5.32. The van der Waals surface area contributed by atoms with Gasteiger partial charge in [0.15, 0.2) is 0 Å². The number of methoxy groups -OCH3 is 1. The van der Waals surface area contributed by atoms with Crippen molar-refractivity contribution in [3.05, 3.63) is 0 Å². The minimum absolute atomic E-state index is 0.216. The van der Waals surface area contributed by atoms with Gasteiger partial charge in [-0.05, 0) is 12.8 Å². The maximum Gasteiger partial charge on any atom is 0.320 e. The first-order chi connectivity index (χ1) is 6.69. The zero-order valence-corrected chi connectivity index (χ0v) is 8.90. The fourth-order valence-corrected chi connectivity index (χ4v) is 1.97. The van der Waals surface area contributed by atoms with Crippen LogP contribution in [0.4, 0.5) is 0 Å². The predicted molar refractivity (Wildman–Crippen MR) is 53.3 cm³/mol. The third-order valence-electron chi connectivity index (χ3n) is 2.80. The van der Waals surface area contributed by atoms with E-state index in [1.807, 2.05) is 11.8 Å². The van der Waals surface area contributed by atoms with Crippen LogP contribution in [0.2, 0.25) is 0 Å². The minimum Gasteiger partial charge on any atom is -0.480 e. The lowest BCUT2D eigenvalue weighted by molar-refractivity contribution is -0.143. The highest BCUT2D eigenvalue weighted by atomic mass is 16.5. The number of carboxylic acid groups (broad SMARTS) is 1. The van der Waals surface area contributed by atoms with Crippen LogP contribution in [-0.2, 0) is 9.53 Å². The van der Waals surface area contributed by atoms with Gasteiger partial charge in [-0.25, -0.2) is 0 Å². The molecule has 2 atom stereocenters. The number of aliphatic carboxylic acids is 1. The molecule has 0 spiro atoms. The number of ether oxygens (including phenoxy) is 1. The van der Waals surface area contributed by atoms with E-state index in [-0.39, 0.29) is 12.1 Å². The van der Waals surface area contributed by atoms with Crippen LogP contribution >= 0.6 is 0 Å². The molecule has 0 aliphatic carbocycles. The lowest BCUT2D eigenvalue weighted by atomic mass is 10.1. The van der Waals surface area contributed by atoms with Crippen molar-refractivity contribution in [2.75, 3.05) is 20.2 Å². The van der Waals surface area contributed by atoms with Gasteiger partial charge >= 0.3 is 5.97 Å². The van der Waals surface area contributed by atoms with Crippen LogP contribution < -0.4 is 0 Å². The van der Waals surface area contributed by atoms with Gasteiger partial charge in [0, 0.05) is 20.2 Å². The molecule has 1 heterocycles. The molecular weight excluding hydrogens is 182 g/mol. The third-order valence-corrected chi connectivity index (χ3v) is 2.80. The van der Waals surface area contributed by atoms with Gasteiger partial charge in [-0.1, -0.05) is 13.3 Å². The smallest absolute Gasteiger partial charge is 0.320 e. The Morgan fingerprint density at radius 1 is 1.71 bits per heavy atom. The number of carboxylic acids is 1. The van der Waals surface area contributed by atoms with Crippen LogP contribution in [-0.4, -0.2) is 48.3 Å². The summed E-state index contributed by atoms with van der Waals surface area (Å²) in [6, 6.07) is -0.319. The van der Waals surface area contributed by atoms with Gasteiger partial charge in [-0.3, -0.25) is 9.69 Å². The molecule has 0 aromatic rings. The molecule has 1 N–H and O–H groups in total.